The Hall–Kier alpha value is -3.04. The second-order valence-corrected chi connectivity index (χ2v) is 8.71. The number of ether oxygens (including phenoxy) is 1. The molecule has 3 aromatic rings. The van der Waals surface area contributed by atoms with Crippen LogP contribution in [-0.4, -0.2) is 68.7 Å². The molecule has 1 saturated heterocycles. The van der Waals surface area contributed by atoms with Gasteiger partial charge in [0, 0.05) is 37.3 Å². The maximum absolute atomic E-state index is 12.4. The molecule has 1 aliphatic heterocycles. The number of rotatable bonds is 6. The van der Waals surface area contributed by atoms with E-state index < -0.39 is 0 Å². The summed E-state index contributed by atoms with van der Waals surface area (Å²) in [7, 11) is 0. The van der Waals surface area contributed by atoms with Crippen molar-refractivity contribution in [2.75, 3.05) is 43.5 Å². The molecule has 9 nitrogen and oxygen atoms in total. The Morgan fingerprint density at radius 3 is 2.77 bits per heavy atom. The number of anilines is 2. The molecule has 0 radical (unpaired) electrons. The van der Waals surface area contributed by atoms with E-state index >= 15 is 0 Å². The summed E-state index contributed by atoms with van der Waals surface area (Å²) in [6.07, 6.45) is 5.57. The number of hydrogen-bond donors (Lipinski definition) is 2. The van der Waals surface area contributed by atoms with E-state index in [4.69, 9.17) is 4.74 Å². The normalized spacial score (nSPS) is 15.2. The van der Waals surface area contributed by atoms with Crippen LogP contribution in [0.25, 0.3) is 16.9 Å². The maximum Gasteiger partial charge on any atom is 0.225 e. The molecule has 2 N–H and O–H groups in total. The van der Waals surface area contributed by atoms with Crippen molar-refractivity contribution in [2.45, 2.75) is 32.7 Å². The van der Waals surface area contributed by atoms with E-state index in [0.29, 0.717) is 18.1 Å². The Bertz CT molecular complexity index is 1050. The fraction of sp³-hybridized carbons (Fsp3) is 0.455. The Morgan fingerprint density at radius 1 is 1.19 bits per heavy atom. The van der Waals surface area contributed by atoms with Crippen LogP contribution < -0.4 is 10.6 Å². The number of imidazole rings is 1. The number of morpholine rings is 1. The number of hydrogen-bond acceptors (Lipinski definition) is 7. The van der Waals surface area contributed by atoms with Gasteiger partial charge in [0.2, 0.25) is 5.91 Å². The largest absolute Gasteiger partial charge is 0.379 e. The lowest BCUT2D eigenvalue weighted by Crippen LogP contribution is -2.38. The summed E-state index contributed by atoms with van der Waals surface area (Å²) in [5.41, 5.74) is 2.29. The van der Waals surface area contributed by atoms with Gasteiger partial charge in [0.15, 0.2) is 5.82 Å². The average Bonchev–Trinajstić information content (AvgIpc) is 3.15. The predicted molar refractivity (Wildman–Crippen MR) is 121 cm³/mol. The van der Waals surface area contributed by atoms with Crippen LogP contribution in [0.15, 0.2) is 36.9 Å². The van der Waals surface area contributed by atoms with Gasteiger partial charge in [0.05, 0.1) is 36.6 Å². The summed E-state index contributed by atoms with van der Waals surface area (Å²) in [4.78, 5) is 28.1. The number of fused-ring (bicyclic) bond motifs is 1. The zero-order chi connectivity index (χ0) is 21.8. The van der Waals surface area contributed by atoms with Crippen molar-refractivity contribution in [1.82, 2.24) is 24.4 Å². The second kappa shape index (κ2) is 8.99. The molecule has 4 rings (SSSR count). The number of carbonyl (C=O) groups excluding carboxylic acids is 1. The fourth-order valence-electron chi connectivity index (χ4n) is 3.49. The topological polar surface area (TPSA) is 97.2 Å². The molecule has 0 bridgehead atoms. The number of nitrogens with one attached hydrogen (secondary N) is 2. The second-order valence-electron chi connectivity index (χ2n) is 8.71. The van der Waals surface area contributed by atoms with Crippen LogP contribution in [0.3, 0.4) is 0 Å². The van der Waals surface area contributed by atoms with Gasteiger partial charge in [-0.3, -0.25) is 19.2 Å². The van der Waals surface area contributed by atoms with Gasteiger partial charge in [-0.25, -0.2) is 9.97 Å². The average molecular weight is 424 g/mol. The fourth-order valence-corrected chi connectivity index (χ4v) is 3.49. The third-order valence-electron chi connectivity index (χ3n) is 4.96. The van der Waals surface area contributed by atoms with Gasteiger partial charge in [-0.05, 0) is 39.0 Å². The standard InChI is InChI=1S/C22H29N7O2/c1-22(2,3)27-19-13-23-14-20(26-19)29-15-24-17-5-4-16(12-18(17)29)25-21(30)6-7-28-8-10-31-11-9-28/h4-5,12-15H,6-11H2,1-3H3,(H,25,30)(H,26,27). The highest BCUT2D eigenvalue weighted by atomic mass is 16.5. The van der Waals surface area contributed by atoms with Crippen molar-refractivity contribution < 1.29 is 9.53 Å². The van der Waals surface area contributed by atoms with Crippen molar-refractivity contribution in [3.05, 3.63) is 36.9 Å². The van der Waals surface area contributed by atoms with E-state index in [0.717, 1.165) is 49.6 Å². The molecule has 1 amide bonds. The molecular weight excluding hydrogens is 394 g/mol. The number of benzene rings is 1. The zero-order valence-corrected chi connectivity index (χ0v) is 18.3. The van der Waals surface area contributed by atoms with Crippen molar-refractivity contribution in [1.29, 1.82) is 0 Å². The van der Waals surface area contributed by atoms with Crippen LogP contribution in [0.5, 0.6) is 0 Å². The first-order valence-corrected chi connectivity index (χ1v) is 10.5. The van der Waals surface area contributed by atoms with Crippen LogP contribution in [0.1, 0.15) is 27.2 Å². The Kier molecular flexibility index (Phi) is 6.15. The van der Waals surface area contributed by atoms with E-state index in [1.165, 1.54) is 0 Å². The SMILES string of the molecule is CC(C)(C)Nc1cncc(-n2cnc3ccc(NC(=O)CCN4CCOCC4)cc32)n1. The first-order chi connectivity index (χ1) is 14.9. The first-order valence-electron chi connectivity index (χ1n) is 10.5. The summed E-state index contributed by atoms with van der Waals surface area (Å²) >= 11 is 0. The van der Waals surface area contributed by atoms with E-state index in [1.807, 2.05) is 22.8 Å². The van der Waals surface area contributed by atoms with Crippen LogP contribution in [0, 0.1) is 0 Å². The molecule has 31 heavy (non-hydrogen) atoms. The Morgan fingerprint density at radius 2 is 2.00 bits per heavy atom. The van der Waals surface area contributed by atoms with E-state index in [1.54, 1.807) is 18.7 Å². The van der Waals surface area contributed by atoms with Crippen molar-refractivity contribution in [3.8, 4) is 5.82 Å². The number of aromatic nitrogens is 4. The van der Waals surface area contributed by atoms with Crippen molar-refractivity contribution in [2.24, 2.45) is 0 Å². The smallest absolute Gasteiger partial charge is 0.225 e. The molecule has 164 valence electrons. The summed E-state index contributed by atoms with van der Waals surface area (Å²) in [5, 5.41) is 6.33. The maximum atomic E-state index is 12.4. The van der Waals surface area contributed by atoms with Crippen LogP contribution >= 0.6 is 0 Å². The quantitative estimate of drug-likeness (QED) is 0.629. The minimum atomic E-state index is -0.122. The van der Waals surface area contributed by atoms with Crippen molar-refractivity contribution in [3.63, 3.8) is 0 Å². The van der Waals surface area contributed by atoms with Gasteiger partial charge in [0.1, 0.15) is 12.1 Å². The number of amides is 1. The molecule has 0 saturated carbocycles. The van der Waals surface area contributed by atoms with Gasteiger partial charge in [-0.15, -0.1) is 0 Å². The summed E-state index contributed by atoms with van der Waals surface area (Å²) in [5.74, 6) is 1.35. The number of carbonyl (C=O) groups is 1. The molecule has 9 heteroatoms. The summed E-state index contributed by atoms with van der Waals surface area (Å²) < 4.78 is 7.22. The van der Waals surface area contributed by atoms with E-state index in [-0.39, 0.29) is 11.4 Å². The Labute approximate surface area is 181 Å². The third kappa shape index (κ3) is 5.56. The molecule has 1 aromatic carbocycles. The summed E-state index contributed by atoms with van der Waals surface area (Å²) in [6.45, 7) is 10.2. The molecule has 3 heterocycles. The molecule has 0 aliphatic carbocycles. The van der Waals surface area contributed by atoms with Gasteiger partial charge >= 0.3 is 0 Å². The van der Waals surface area contributed by atoms with Gasteiger partial charge < -0.3 is 15.4 Å². The molecule has 2 aromatic heterocycles. The molecule has 1 aliphatic rings. The highest BCUT2D eigenvalue weighted by Crippen LogP contribution is 2.22. The highest BCUT2D eigenvalue weighted by molar-refractivity contribution is 5.93. The highest BCUT2D eigenvalue weighted by Gasteiger charge is 2.14. The first kappa shape index (κ1) is 21.2. The lowest BCUT2D eigenvalue weighted by molar-refractivity contribution is -0.116. The lowest BCUT2D eigenvalue weighted by Gasteiger charge is -2.26. The van der Waals surface area contributed by atoms with Gasteiger partial charge in [0.25, 0.3) is 0 Å². The minimum absolute atomic E-state index is 0.00641. The molecule has 0 atom stereocenters. The van der Waals surface area contributed by atoms with E-state index in [9.17, 15) is 4.79 Å². The summed E-state index contributed by atoms with van der Waals surface area (Å²) in [6, 6.07) is 5.68. The van der Waals surface area contributed by atoms with Crippen LogP contribution in [-0.2, 0) is 9.53 Å². The van der Waals surface area contributed by atoms with E-state index in [2.05, 4.69) is 51.3 Å². The lowest BCUT2D eigenvalue weighted by atomic mass is 10.1. The number of nitrogens with zero attached hydrogens (tertiary/aromatic N) is 5. The molecule has 1 fully saturated rings. The van der Waals surface area contributed by atoms with Crippen LogP contribution in [0.2, 0.25) is 0 Å². The Balaban J connectivity index is 1.49. The van der Waals surface area contributed by atoms with Gasteiger partial charge in [-0.1, -0.05) is 0 Å². The van der Waals surface area contributed by atoms with Crippen LogP contribution in [0.4, 0.5) is 11.5 Å². The minimum Gasteiger partial charge on any atom is -0.379 e. The van der Waals surface area contributed by atoms with Gasteiger partial charge in [-0.2, -0.15) is 0 Å². The molecule has 0 unspecified atom stereocenters. The predicted octanol–water partition coefficient (Wildman–Crippen LogP) is 2.69. The molecular formula is C22H29N7O2. The van der Waals surface area contributed by atoms with Crippen molar-refractivity contribution >= 4 is 28.4 Å². The monoisotopic (exact) mass is 423 g/mol. The third-order valence-corrected chi connectivity index (χ3v) is 4.96. The molecule has 0 spiro atoms. The zero-order valence-electron chi connectivity index (χ0n) is 18.3.